The van der Waals surface area contributed by atoms with E-state index in [-0.39, 0.29) is 96.3 Å². The van der Waals surface area contributed by atoms with Crippen molar-refractivity contribution in [1.82, 2.24) is 106 Å². The van der Waals surface area contributed by atoms with Crippen molar-refractivity contribution in [1.29, 1.82) is 21.6 Å². The van der Waals surface area contributed by atoms with E-state index in [1.54, 1.807) is 27.7 Å². The van der Waals surface area contributed by atoms with E-state index >= 15 is 0 Å². The second kappa shape index (κ2) is 65.6. The molecule has 0 aliphatic carbocycles. The number of nitrogens with one attached hydrogen (secondary N) is 24. The summed E-state index contributed by atoms with van der Waals surface area (Å²) >= 11 is 0. The third-order valence-corrected chi connectivity index (χ3v) is 20.4. The SMILES string of the molecule is CC[C@H](C)[C@H](NC(=O)[C@H](CO)NC(=O)[C@H](CCCNC(=N)N)NC(=O)[C@H](COP(=O)(O)O)NC(=O)[C@H](CC(=O)O)NC(=O)[C@H](CC(C)C)NC(=O)[C@H](CCCNC(=N)N)NC(=O)[C@H](CO)NC(=O)[C@H](CO)NC(=O)[C@H](CCCNC(=N)N)NC(=O)[C@@H](N)CC(C)C)C(=O)N[C@@H](CC(C)C)C(=O)N[C@@H](CC(=O)O)C(=O)N[C@@H](CO)C(=O)N[C@@H](CCCNC(=N)N)C(=O)N[C@@H](CO)C(=O)N[C@@H](CO)C(=O)O. The van der Waals surface area contributed by atoms with Crippen LogP contribution in [0.4, 0.5) is 0 Å². The maximum atomic E-state index is 14.5. The van der Waals surface area contributed by atoms with Gasteiger partial charge in [0.05, 0.1) is 65.1 Å². The number of carbonyl (C=O) groups excluding carboxylic acids is 16. The van der Waals surface area contributed by atoms with Crippen molar-refractivity contribution in [3.63, 3.8) is 0 Å². The van der Waals surface area contributed by atoms with Crippen molar-refractivity contribution in [3.8, 4) is 0 Å². The van der Waals surface area contributed by atoms with Gasteiger partial charge in [0.15, 0.2) is 23.8 Å². The van der Waals surface area contributed by atoms with Gasteiger partial charge in [-0.05, 0) is 94.3 Å². The Kier molecular flexibility index (Phi) is 59.4. The van der Waals surface area contributed by atoms with Gasteiger partial charge in [0.25, 0.3) is 0 Å². The first-order valence-corrected chi connectivity index (χ1v) is 45.4. The number of carboxylic acid groups (broad SMARTS) is 3. The number of phosphoric ester groups is 1. The molecular formula is C77H140N29O32P. The molecule has 790 valence electrons. The molecule has 0 radical (unpaired) electrons. The lowest BCUT2D eigenvalue weighted by Crippen LogP contribution is -2.62. The summed E-state index contributed by atoms with van der Waals surface area (Å²) < 4.78 is 16.8. The number of phosphoric acid groups is 1. The molecule has 0 saturated heterocycles. The van der Waals surface area contributed by atoms with E-state index in [0.29, 0.717) is 0 Å². The van der Waals surface area contributed by atoms with Crippen molar-refractivity contribution in [3.05, 3.63) is 0 Å². The van der Waals surface area contributed by atoms with Gasteiger partial charge in [0.2, 0.25) is 94.5 Å². The largest absolute Gasteiger partial charge is 0.481 e. The van der Waals surface area contributed by atoms with Gasteiger partial charge in [-0.3, -0.25) is 112 Å². The topological polar surface area (TPSA) is 1040 Å². The van der Waals surface area contributed by atoms with Gasteiger partial charge in [-0.2, -0.15) is 0 Å². The summed E-state index contributed by atoms with van der Waals surface area (Å²) in [6, 6.07) is -32.1. The molecule has 0 heterocycles. The molecule has 45 N–H and O–H groups in total. The molecule has 0 spiro atoms. The fraction of sp³-hybridized carbons (Fsp3) is 0.701. The van der Waals surface area contributed by atoms with E-state index in [4.69, 9.17) is 50.3 Å². The number of amides is 16. The molecule has 0 rings (SSSR count). The zero-order valence-electron chi connectivity index (χ0n) is 78.1. The monoisotopic (exact) mass is 2010 g/mol. The minimum Gasteiger partial charge on any atom is -0.481 e. The zero-order chi connectivity index (χ0) is 106. The van der Waals surface area contributed by atoms with Crippen LogP contribution < -0.4 is 135 Å². The van der Waals surface area contributed by atoms with Crippen LogP contribution in [0, 0.1) is 45.3 Å². The predicted molar refractivity (Wildman–Crippen MR) is 486 cm³/mol. The molecule has 0 aliphatic rings. The smallest absolute Gasteiger partial charge is 0.469 e. The highest BCUT2D eigenvalue weighted by molar-refractivity contribution is 7.46. The van der Waals surface area contributed by atoms with Crippen molar-refractivity contribution < 1.29 is 156 Å². The van der Waals surface area contributed by atoms with E-state index in [9.17, 15) is 151 Å². The molecule has 0 unspecified atom stereocenters. The summed E-state index contributed by atoms with van der Waals surface area (Å²) in [4.78, 5) is 280. The average molecular weight is 2020 g/mol. The highest BCUT2D eigenvalue weighted by Crippen LogP contribution is 2.35. The number of carboxylic acids is 3. The Hall–Kier alpha value is -13.2. The normalized spacial score (nSPS) is 15.1. The number of guanidine groups is 4. The molecule has 61 nitrogen and oxygen atoms in total. The van der Waals surface area contributed by atoms with Crippen LogP contribution in [-0.2, 0) is 100 Å². The lowest BCUT2D eigenvalue weighted by Gasteiger charge is -2.30. The lowest BCUT2D eigenvalue weighted by molar-refractivity contribution is -0.144. The highest BCUT2D eigenvalue weighted by Gasteiger charge is 2.41. The van der Waals surface area contributed by atoms with E-state index in [0.717, 1.165) is 0 Å². The van der Waals surface area contributed by atoms with Gasteiger partial charge in [-0.15, -0.1) is 0 Å². The van der Waals surface area contributed by atoms with E-state index < -0.39 is 336 Å². The number of hydrogen-bond acceptors (Lipinski definition) is 32. The van der Waals surface area contributed by atoms with Gasteiger partial charge in [-0.25, -0.2) is 9.36 Å². The standard InChI is InChI=1S/C77H140N29O32P/c1-9-37(8)56(72(132)98-44(24-36(6)7)63(123)96-45(25-54(113)114)64(124)102-47(27-107)66(126)93-41(16-12-20-89-76(83)84)60(120)100-50(30-110)69(129)104-52(32-112)73(133)134)106-70(130)51(31-111)101-61(121)42(17-13-21-90-77(85)86)94-71(131)53(33-138-139(135,136)137)105-65(125)46(26-55(115)116)97-62(122)43(23-35(4)5)95-58(118)40(15-11-19-88-75(81)82)92-67(127)48(28-108)103-68(128)49(29-109)99-59(119)39(14-10-18-87-74(79)80)91-57(117)38(78)22-34(2)3/h34-53,56,107-112H,9-33,78H2,1-8H3,(H,91,117)(H,92,127)(H,93,126)(H,94,131)(H,95,118)(H,96,123)(H,97,122)(H,98,132)(H,99,119)(H,100,120)(H,101,121)(H,102,124)(H,103,128)(H,104,129)(H,105,125)(H,106,130)(H,113,114)(H,115,116)(H,133,134)(H4,79,80,87)(H4,81,82,88)(H4,83,84,89)(H4,85,86,90)(H2,135,136,137)/t37-,38-,39-,40-,41-,42-,43-,44-,45-,46-,47-,48-,49-,50-,51-,52-,53-,56-/m0/s1. The molecule has 0 saturated carbocycles. The van der Waals surface area contributed by atoms with Crippen LogP contribution in [-0.4, -0.2) is 367 Å². The molecule has 139 heavy (non-hydrogen) atoms. The van der Waals surface area contributed by atoms with E-state index in [1.807, 2.05) is 16.0 Å². The van der Waals surface area contributed by atoms with Crippen LogP contribution in [0.1, 0.15) is 145 Å². The minimum absolute atomic E-state index is 0.0381. The van der Waals surface area contributed by atoms with Gasteiger partial charge >= 0.3 is 25.7 Å². The number of carbonyl (C=O) groups is 19. The Morgan fingerprint density at radius 1 is 0.302 bits per heavy atom. The number of nitrogens with two attached hydrogens (primary N) is 5. The van der Waals surface area contributed by atoms with Gasteiger partial charge in [0.1, 0.15) is 96.7 Å². The maximum Gasteiger partial charge on any atom is 0.469 e. The minimum atomic E-state index is -5.68. The molecule has 16 amide bonds. The Morgan fingerprint density at radius 2 is 0.518 bits per heavy atom. The van der Waals surface area contributed by atoms with Crippen molar-refractivity contribution in [2.75, 3.05) is 72.4 Å². The average Bonchev–Trinajstić information content (AvgIpc) is 0.831. The molecular weight excluding hydrogens is 1870 g/mol. The molecule has 0 fully saturated rings. The first-order chi connectivity index (χ1) is 64.9. The Balaban J connectivity index is 7.43. The summed E-state index contributed by atoms with van der Waals surface area (Å²) in [6.07, 6.45) is -4.90. The lowest BCUT2D eigenvalue weighted by atomic mass is 9.96. The van der Waals surface area contributed by atoms with Crippen LogP contribution in [0.15, 0.2) is 0 Å². The zero-order valence-corrected chi connectivity index (χ0v) is 79.0. The molecule has 18 atom stereocenters. The number of hydrogen-bond donors (Lipinski definition) is 40. The summed E-state index contributed by atoms with van der Waals surface area (Å²) in [6.45, 7) is 3.44. The Morgan fingerprint density at radius 3 is 0.770 bits per heavy atom. The first-order valence-electron chi connectivity index (χ1n) is 43.9. The van der Waals surface area contributed by atoms with Gasteiger partial charge in [0, 0.05) is 26.2 Å². The first kappa shape index (κ1) is 126. The Labute approximate surface area is 797 Å². The second-order valence-corrected chi connectivity index (χ2v) is 34.4. The van der Waals surface area contributed by atoms with Crippen molar-refractivity contribution in [2.45, 2.75) is 248 Å². The van der Waals surface area contributed by atoms with Crippen molar-refractivity contribution in [2.24, 2.45) is 52.3 Å². The van der Waals surface area contributed by atoms with E-state index in [2.05, 4.69) is 94.9 Å². The van der Waals surface area contributed by atoms with Crippen LogP contribution in [0.2, 0.25) is 0 Å². The number of aliphatic carboxylic acids is 3. The third kappa shape index (κ3) is 51.7. The fourth-order valence-electron chi connectivity index (χ4n) is 12.5. The summed E-state index contributed by atoms with van der Waals surface area (Å²) in [5.41, 5.74) is 27.6. The molecule has 0 aliphatic heterocycles. The molecule has 0 aromatic rings. The van der Waals surface area contributed by atoms with Gasteiger partial charge < -0.3 is 191 Å². The van der Waals surface area contributed by atoms with Gasteiger partial charge in [-0.1, -0.05) is 61.8 Å². The van der Waals surface area contributed by atoms with Crippen LogP contribution in [0.3, 0.4) is 0 Å². The maximum absolute atomic E-state index is 14.5. The third-order valence-electron chi connectivity index (χ3n) is 19.9. The van der Waals surface area contributed by atoms with Crippen molar-refractivity contribution >= 4 is 144 Å². The second-order valence-electron chi connectivity index (χ2n) is 33.1. The molecule has 0 aromatic carbocycles. The molecule has 62 heteroatoms. The summed E-state index contributed by atoms with van der Waals surface area (Å²) in [5, 5.41) is 165. The predicted octanol–water partition coefficient (Wildman–Crippen LogP) is -15.6. The number of aliphatic hydroxyl groups is 6. The summed E-state index contributed by atoms with van der Waals surface area (Å²) in [5.74, 6) is -30.2. The highest BCUT2D eigenvalue weighted by atomic mass is 31.2. The van der Waals surface area contributed by atoms with E-state index in [1.165, 1.54) is 27.7 Å². The quantitative estimate of drug-likeness (QED) is 0.0116. The van der Waals surface area contributed by atoms with Crippen LogP contribution >= 0.6 is 7.82 Å². The molecule has 0 bridgehead atoms. The Bertz CT molecular complexity index is 4210. The van der Waals surface area contributed by atoms with Crippen LogP contribution in [0.25, 0.3) is 0 Å². The number of aliphatic hydroxyl groups excluding tert-OH is 6. The van der Waals surface area contributed by atoms with Crippen LogP contribution in [0.5, 0.6) is 0 Å². The fourth-order valence-corrected chi connectivity index (χ4v) is 12.9. The molecule has 0 aromatic heterocycles. The summed E-state index contributed by atoms with van der Waals surface area (Å²) in [7, 11) is -5.68. The number of rotatable bonds is 70.